The lowest BCUT2D eigenvalue weighted by atomic mass is 10.1. The van der Waals surface area contributed by atoms with Crippen molar-refractivity contribution in [3.8, 4) is 0 Å². The Labute approximate surface area is 137 Å². The van der Waals surface area contributed by atoms with Crippen molar-refractivity contribution in [3.63, 3.8) is 0 Å². The van der Waals surface area contributed by atoms with E-state index >= 15 is 0 Å². The Morgan fingerprint density at radius 2 is 1.95 bits per heavy atom. The van der Waals surface area contributed by atoms with E-state index in [1.165, 1.54) is 11.8 Å². The van der Waals surface area contributed by atoms with Gasteiger partial charge in [-0.2, -0.15) is 0 Å². The number of amides is 1. The molecule has 0 aliphatic carbocycles. The number of likely N-dealkylation sites (N-methyl/N-ethyl adjacent to an activating group) is 1. The fourth-order valence-corrected chi connectivity index (χ4v) is 4.25. The van der Waals surface area contributed by atoms with E-state index in [1.54, 1.807) is 36.7 Å². The van der Waals surface area contributed by atoms with Gasteiger partial charge in [0.2, 0.25) is 5.91 Å². The number of rotatable bonds is 4. The zero-order valence-electron chi connectivity index (χ0n) is 12.3. The zero-order valence-corrected chi connectivity index (χ0v) is 13.9. The summed E-state index contributed by atoms with van der Waals surface area (Å²) >= 11 is 3.08. The summed E-state index contributed by atoms with van der Waals surface area (Å²) in [6.45, 7) is 0. The summed E-state index contributed by atoms with van der Waals surface area (Å²) in [6, 6.07) is 11.8. The highest BCUT2D eigenvalue weighted by Gasteiger charge is 2.25. The molecule has 22 heavy (non-hydrogen) atoms. The number of hydrogen-bond donors (Lipinski definition) is 0. The van der Waals surface area contributed by atoms with Crippen LogP contribution in [0.4, 0.5) is 0 Å². The van der Waals surface area contributed by atoms with Crippen molar-refractivity contribution in [2.24, 2.45) is 0 Å². The number of carbonyl (C=O) groups excluding carboxylic acids is 1. The van der Waals surface area contributed by atoms with Gasteiger partial charge in [0, 0.05) is 14.1 Å². The molecule has 1 unspecified atom stereocenters. The molecular weight excluding hydrogens is 314 g/mol. The van der Waals surface area contributed by atoms with Crippen molar-refractivity contribution >= 4 is 39.2 Å². The number of thiophene rings is 1. The molecule has 112 valence electrons. The number of carbonyl (C=O) groups is 1. The number of fused-ring (bicyclic) bond motifs is 1. The van der Waals surface area contributed by atoms with Gasteiger partial charge in [-0.1, -0.05) is 42.1 Å². The number of nitrogens with zero attached hydrogens (tertiary/aromatic N) is 3. The molecule has 3 aromatic rings. The second-order valence-electron chi connectivity index (χ2n) is 4.96. The zero-order chi connectivity index (χ0) is 15.5. The Morgan fingerprint density at radius 1 is 1.18 bits per heavy atom. The molecule has 1 aromatic carbocycles. The van der Waals surface area contributed by atoms with Crippen LogP contribution in [0.2, 0.25) is 0 Å². The van der Waals surface area contributed by atoms with Crippen LogP contribution in [0.25, 0.3) is 10.2 Å². The molecule has 2 aromatic heterocycles. The van der Waals surface area contributed by atoms with E-state index in [1.807, 2.05) is 41.8 Å². The van der Waals surface area contributed by atoms with E-state index in [0.29, 0.717) is 0 Å². The SMILES string of the molecule is CN(C)C(=O)C(Sc1ncnc2ccsc12)c1ccccc1. The van der Waals surface area contributed by atoms with Crippen LogP contribution in [-0.4, -0.2) is 34.9 Å². The van der Waals surface area contributed by atoms with E-state index in [-0.39, 0.29) is 11.2 Å². The van der Waals surface area contributed by atoms with Gasteiger partial charge in [0.1, 0.15) is 16.6 Å². The highest BCUT2D eigenvalue weighted by atomic mass is 32.2. The number of aromatic nitrogens is 2. The molecule has 1 atom stereocenters. The molecule has 0 bridgehead atoms. The maximum atomic E-state index is 12.6. The fraction of sp³-hybridized carbons (Fsp3) is 0.188. The third-order valence-corrected chi connectivity index (χ3v) is 5.49. The van der Waals surface area contributed by atoms with E-state index in [4.69, 9.17) is 0 Å². The predicted octanol–water partition coefficient (Wildman–Crippen LogP) is 3.61. The molecule has 4 nitrogen and oxygen atoms in total. The summed E-state index contributed by atoms with van der Waals surface area (Å²) in [5.41, 5.74) is 1.90. The fourth-order valence-electron chi connectivity index (χ4n) is 2.09. The summed E-state index contributed by atoms with van der Waals surface area (Å²) in [5.74, 6) is 0.0551. The third kappa shape index (κ3) is 2.98. The molecule has 6 heteroatoms. The molecule has 0 fully saturated rings. The van der Waals surface area contributed by atoms with E-state index < -0.39 is 0 Å². The maximum Gasteiger partial charge on any atom is 0.240 e. The first-order valence-electron chi connectivity index (χ1n) is 6.78. The molecule has 3 rings (SSSR count). The van der Waals surface area contributed by atoms with Crippen LogP contribution in [0.5, 0.6) is 0 Å². The van der Waals surface area contributed by atoms with E-state index in [0.717, 1.165) is 20.8 Å². The van der Waals surface area contributed by atoms with Gasteiger partial charge in [-0.3, -0.25) is 4.79 Å². The smallest absolute Gasteiger partial charge is 0.240 e. The Balaban J connectivity index is 2.00. The van der Waals surface area contributed by atoms with Crippen molar-refractivity contribution in [2.45, 2.75) is 10.3 Å². The van der Waals surface area contributed by atoms with Crippen LogP contribution >= 0.6 is 23.1 Å². The Hall–Kier alpha value is -1.92. The second-order valence-corrected chi connectivity index (χ2v) is 6.96. The molecule has 0 aliphatic rings. The first kappa shape index (κ1) is 15.0. The number of benzene rings is 1. The van der Waals surface area contributed by atoms with Gasteiger partial charge >= 0.3 is 0 Å². The van der Waals surface area contributed by atoms with Crippen LogP contribution in [0, 0.1) is 0 Å². The lowest BCUT2D eigenvalue weighted by Crippen LogP contribution is -2.26. The van der Waals surface area contributed by atoms with Gasteiger partial charge in [-0.25, -0.2) is 9.97 Å². The Morgan fingerprint density at radius 3 is 2.68 bits per heavy atom. The van der Waals surface area contributed by atoms with Crippen LogP contribution in [0.15, 0.2) is 53.1 Å². The molecule has 2 heterocycles. The van der Waals surface area contributed by atoms with Crippen LogP contribution < -0.4 is 0 Å². The highest BCUT2D eigenvalue weighted by molar-refractivity contribution is 8.00. The summed E-state index contributed by atoms with van der Waals surface area (Å²) < 4.78 is 1.03. The Bertz CT molecular complexity index is 786. The molecule has 0 N–H and O–H groups in total. The summed E-state index contributed by atoms with van der Waals surface area (Å²) in [7, 11) is 3.55. The monoisotopic (exact) mass is 329 g/mol. The average molecular weight is 329 g/mol. The molecule has 1 amide bonds. The standard InChI is InChI=1S/C16H15N3OS2/c1-19(2)16(20)13(11-6-4-3-5-7-11)22-15-14-12(8-9-21-14)17-10-18-15/h3-10,13H,1-2H3. The first-order valence-corrected chi connectivity index (χ1v) is 8.53. The maximum absolute atomic E-state index is 12.6. The second kappa shape index (κ2) is 6.46. The lowest BCUT2D eigenvalue weighted by molar-refractivity contribution is -0.128. The minimum Gasteiger partial charge on any atom is -0.348 e. The molecule has 0 spiro atoms. The third-order valence-electron chi connectivity index (χ3n) is 3.21. The lowest BCUT2D eigenvalue weighted by Gasteiger charge is -2.20. The quantitative estimate of drug-likeness (QED) is 0.542. The van der Waals surface area contributed by atoms with Gasteiger partial charge in [-0.05, 0) is 17.0 Å². The number of thioether (sulfide) groups is 1. The van der Waals surface area contributed by atoms with Crippen LogP contribution in [0.3, 0.4) is 0 Å². The molecule has 0 aliphatic heterocycles. The summed E-state index contributed by atoms with van der Waals surface area (Å²) in [4.78, 5) is 22.8. The van der Waals surface area contributed by atoms with Crippen molar-refractivity contribution < 1.29 is 4.79 Å². The molecular formula is C16H15N3OS2. The first-order chi connectivity index (χ1) is 10.7. The molecule has 0 saturated heterocycles. The predicted molar refractivity (Wildman–Crippen MR) is 91.1 cm³/mol. The van der Waals surface area contributed by atoms with Crippen molar-refractivity contribution in [3.05, 3.63) is 53.7 Å². The van der Waals surface area contributed by atoms with Gasteiger partial charge < -0.3 is 4.90 Å². The normalized spacial score (nSPS) is 12.3. The van der Waals surface area contributed by atoms with Crippen molar-refractivity contribution in [2.75, 3.05) is 14.1 Å². The average Bonchev–Trinajstić information content (AvgIpc) is 3.02. The Kier molecular flexibility index (Phi) is 4.40. The minimum absolute atomic E-state index is 0.0551. The van der Waals surface area contributed by atoms with Crippen molar-refractivity contribution in [1.29, 1.82) is 0 Å². The summed E-state index contributed by atoms with van der Waals surface area (Å²) in [6.07, 6.45) is 1.56. The minimum atomic E-state index is -0.309. The van der Waals surface area contributed by atoms with Gasteiger partial charge in [-0.15, -0.1) is 11.3 Å². The van der Waals surface area contributed by atoms with Gasteiger partial charge in [0.15, 0.2) is 0 Å². The van der Waals surface area contributed by atoms with Gasteiger partial charge in [0.05, 0.1) is 10.2 Å². The largest absolute Gasteiger partial charge is 0.348 e. The van der Waals surface area contributed by atoms with Crippen LogP contribution in [-0.2, 0) is 4.79 Å². The molecule has 0 saturated carbocycles. The highest BCUT2D eigenvalue weighted by Crippen LogP contribution is 2.39. The van der Waals surface area contributed by atoms with E-state index in [9.17, 15) is 4.79 Å². The van der Waals surface area contributed by atoms with E-state index in [2.05, 4.69) is 9.97 Å². The number of hydrogen-bond acceptors (Lipinski definition) is 5. The summed E-state index contributed by atoms with van der Waals surface area (Å²) in [5, 5.41) is 2.54. The topological polar surface area (TPSA) is 46.1 Å². The van der Waals surface area contributed by atoms with Gasteiger partial charge in [0.25, 0.3) is 0 Å². The van der Waals surface area contributed by atoms with Crippen LogP contribution in [0.1, 0.15) is 10.8 Å². The van der Waals surface area contributed by atoms with Crippen molar-refractivity contribution in [1.82, 2.24) is 14.9 Å². The molecule has 0 radical (unpaired) electrons.